The molecule has 0 fully saturated rings. The zero-order valence-electron chi connectivity index (χ0n) is 11.5. The van der Waals surface area contributed by atoms with Gasteiger partial charge in [0.25, 0.3) is 0 Å². The van der Waals surface area contributed by atoms with Crippen LogP contribution < -0.4 is 10.5 Å². The molecule has 2 N–H and O–H groups in total. The Bertz CT molecular complexity index is 406. The number of halogens is 3. The summed E-state index contributed by atoms with van der Waals surface area (Å²) < 4.78 is 41.3. The predicted molar refractivity (Wildman–Crippen MR) is 69.4 cm³/mol. The molecule has 1 rings (SSSR count). The summed E-state index contributed by atoms with van der Waals surface area (Å²) in [6, 6.07) is 3.75. The van der Waals surface area contributed by atoms with Gasteiger partial charge in [0, 0.05) is 6.04 Å². The molecule has 1 atom stereocenters. The molecule has 0 saturated carbocycles. The summed E-state index contributed by atoms with van der Waals surface area (Å²) >= 11 is 0. The smallest absolute Gasteiger partial charge is 0.422 e. The topological polar surface area (TPSA) is 35.2 Å². The lowest BCUT2D eigenvalue weighted by Gasteiger charge is -2.16. The Kier molecular flexibility index (Phi) is 5.23. The Morgan fingerprint density at radius 1 is 1.21 bits per heavy atom. The Labute approximate surface area is 111 Å². The molecule has 2 nitrogen and oxygen atoms in total. The first-order chi connectivity index (χ1) is 8.73. The van der Waals surface area contributed by atoms with Gasteiger partial charge in [-0.15, -0.1) is 0 Å². The molecular weight excluding hydrogens is 255 g/mol. The summed E-state index contributed by atoms with van der Waals surface area (Å²) in [6.45, 7) is 4.24. The fourth-order valence-corrected chi connectivity index (χ4v) is 1.99. The van der Waals surface area contributed by atoms with Crippen molar-refractivity contribution < 1.29 is 17.9 Å². The molecule has 1 aromatic carbocycles. The molecule has 0 bridgehead atoms. The Morgan fingerprint density at radius 2 is 1.74 bits per heavy atom. The molecule has 1 aromatic rings. The second kappa shape index (κ2) is 6.28. The van der Waals surface area contributed by atoms with E-state index >= 15 is 0 Å². The average Bonchev–Trinajstić information content (AvgIpc) is 2.26. The first kappa shape index (κ1) is 15.8. The van der Waals surface area contributed by atoms with Gasteiger partial charge in [-0.1, -0.05) is 19.1 Å². The molecule has 0 heterocycles. The number of aryl methyl sites for hydroxylation is 2. The van der Waals surface area contributed by atoms with E-state index in [9.17, 15) is 13.2 Å². The van der Waals surface area contributed by atoms with Gasteiger partial charge in [-0.05, 0) is 43.4 Å². The maximum absolute atomic E-state index is 12.2. The second-order valence-corrected chi connectivity index (χ2v) is 4.84. The molecule has 0 aromatic heterocycles. The summed E-state index contributed by atoms with van der Waals surface area (Å²) in [5.74, 6) is 0.311. The summed E-state index contributed by atoms with van der Waals surface area (Å²) in [5.41, 5.74) is 8.33. The van der Waals surface area contributed by atoms with Crippen molar-refractivity contribution in [1.82, 2.24) is 0 Å². The lowest BCUT2D eigenvalue weighted by Crippen LogP contribution is -2.22. The van der Waals surface area contributed by atoms with Gasteiger partial charge in [0.05, 0.1) is 0 Å². The van der Waals surface area contributed by atoms with E-state index in [4.69, 9.17) is 10.5 Å². The molecule has 0 amide bonds. The molecule has 0 aliphatic heterocycles. The van der Waals surface area contributed by atoms with Crippen LogP contribution in [0.25, 0.3) is 0 Å². The van der Waals surface area contributed by atoms with E-state index in [0.717, 1.165) is 18.4 Å². The molecule has 0 radical (unpaired) electrons. The quantitative estimate of drug-likeness (QED) is 0.892. The van der Waals surface area contributed by atoms with Crippen molar-refractivity contribution in [2.45, 2.75) is 45.8 Å². The van der Waals surface area contributed by atoms with Crippen molar-refractivity contribution in [2.24, 2.45) is 5.73 Å². The van der Waals surface area contributed by atoms with Crippen LogP contribution in [0.3, 0.4) is 0 Å². The lowest BCUT2D eigenvalue weighted by atomic mass is 9.99. The van der Waals surface area contributed by atoms with E-state index < -0.39 is 12.8 Å². The van der Waals surface area contributed by atoms with Gasteiger partial charge < -0.3 is 10.5 Å². The summed E-state index contributed by atoms with van der Waals surface area (Å²) in [6.07, 6.45) is -2.73. The second-order valence-electron chi connectivity index (χ2n) is 4.84. The van der Waals surface area contributed by atoms with Gasteiger partial charge in [0.1, 0.15) is 5.75 Å². The molecule has 0 saturated heterocycles. The van der Waals surface area contributed by atoms with E-state index in [1.165, 1.54) is 0 Å². The number of benzene rings is 1. The molecule has 0 aliphatic rings. The standard InChI is InChI=1S/C14H20F3NO/c1-4-12(18)7-11-5-9(2)13(10(3)6-11)19-8-14(15,16)17/h5-6,12H,4,7-8,18H2,1-3H3. The van der Waals surface area contributed by atoms with Gasteiger partial charge in [0.15, 0.2) is 6.61 Å². The van der Waals surface area contributed by atoms with Gasteiger partial charge in [0.2, 0.25) is 0 Å². The summed E-state index contributed by atoms with van der Waals surface area (Å²) in [5, 5.41) is 0. The number of nitrogens with two attached hydrogens (primary N) is 1. The van der Waals surface area contributed by atoms with Crippen LogP contribution in [0.4, 0.5) is 13.2 Å². The molecule has 0 aliphatic carbocycles. The third kappa shape index (κ3) is 5.11. The molecular formula is C14H20F3NO. The van der Waals surface area contributed by atoms with E-state index in [1.54, 1.807) is 13.8 Å². The zero-order valence-corrected chi connectivity index (χ0v) is 11.5. The van der Waals surface area contributed by atoms with E-state index in [1.807, 2.05) is 19.1 Å². The number of ether oxygens (including phenoxy) is 1. The van der Waals surface area contributed by atoms with Crippen molar-refractivity contribution in [3.63, 3.8) is 0 Å². The maximum atomic E-state index is 12.2. The average molecular weight is 275 g/mol. The van der Waals surface area contributed by atoms with E-state index in [-0.39, 0.29) is 6.04 Å². The lowest BCUT2D eigenvalue weighted by molar-refractivity contribution is -0.153. The van der Waals surface area contributed by atoms with Gasteiger partial charge in [-0.2, -0.15) is 13.2 Å². The molecule has 19 heavy (non-hydrogen) atoms. The minimum atomic E-state index is -4.32. The van der Waals surface area contributed by atoms with Gasteiger partial charge >= 0.3 is 6.18 Å². The molecule has 108 valence electrons. The van der Waals surface area contributed by atoms with Gasteiger partial charge in [-0.25, -0.2) is 0 Å². The van der Waals surface area contributed by atoms with E-state index in [0.29, 0.717) is 16.9 Å². The number of rotatable bonds is 5. The monoisotopic (exact) mass is 275 g/mol. The maximum Gasteiger partial charge on any atom is 0.422 e. The van der Waals surface area contributed by atoms with Crippen LogP contribution >= 0.6 is 0 Å². The van der Waals surface area contributed by atoms with Crippen molar-refractivity contribution in [1.29, 1.82) is 0 Å². The minimum absolute atomic E-state index is 0.0701. The highest BCUT2D eigenvalue weighted by atomic mass is 19.4. The summed E-state index contributed by atoms with van der Waals surface area (Å²) in [4.78, 5) is 0. The number of hydrogen-bond acceptors (Lipinski definition) is 2. The van der Waals surface area contributed by atoms with Crippen molar-refractivity contribution in [3.8, 4) is 5.75 Å². The highest BCUT2D eigenvalue weighted by molar-refractivity contribution is 5.43. The van der Waals surface area contributed by atoms with Crippen molar-refractivity contribution in [2.75, 3.05) is 6.61 Å². The fourth-order valence-electron chi connectivity index (χ4n) is 1.99. The predicted octanol–water partition coefficient (Wildman–Crippen LogP) is 3.52. The summed E-state index contributed by atoms with van der Waals surface area (Å²) in [7, 11) is 0. The fraction of sp³-hybridized carbons (Fsp3) is 0.571. The Balaban J connectivity index is 2.85. The minimum Gasteiger partial charge on any atom is -0.484 e. The van der Waals surface area contributed by atoms with Crippen molar-refractivity contribution >= 4 is 0 Å². The first-order valence-corrected chi connectivity index (χ1v) is 6.28. The Hall–Kier alpha value is -1.23. The van der Waals surface area contributed by atoms with E-state index in [2.05, 4.69) is 0 Å². The van der Waals surface area contributed by atoms with Crippen LogP contribution in [0.5, 0.6) is 5.75 Å². The normalized spacial score (nSPS) is 13.4. The van der Waals surface area contributed by atoms with Crippen LogP contribution in [-0.2, 0) is 6.42 Å². The van der Waals surface area contributed by atoms with Crippen LogP contribution in [-0.4, -0.2) is 18.8 Å². The SMILES string of the molecule is CCC(N)Cc1cc(C)c(OCC(F)(F)F)c(C)c1. The molecule has 1 unspecified atom stereocenters. The number of alkyl halides is 3. The van der Waals surface area contributed by atoms with Crippen molar-refractivity contribution in [3.05, 3.63) is 28.8 Å². The van der Waals surface area contributed by atoms with Crippen LogP contribution in [0.15, 0.2) is 12.1 Å². The van der Waals surface area contributed by atoms with Crippen LogP contribution in [0.1, 0.15) is 30.0 Å². The van der Waals surface area contributed by atoms with Crippen LogP contribution in [0.2, 0.25) is 0 Å². The molecule has 5 heteroatoms. The Morgan fingerprint density at radius 3 is 2.16 bits per heavy atom. The first-order valence-electron chi connectivity index (χ1n) is 6.28. The highest BCUT2D eigenvalue weighted by Crippen LogP contribution is 2.27. The molecule has 0 spiro atoms. The largest absolute Gasteiger partial charge is 0.484 e. The van der Waals surface area contributed by atoms with Crippen LogP contribution in [0, 0.1) is 13.8 Å². The number of hydrogen-bond donors (Lipinski definition) is 1. The third-order valence-electron chi connectivity index (χ3n) is 2.92. The van der Waals surface area contributed by atoms with Gasteiger partial charge in [-0.3, -0.25) is 0 Å². The zero-order chi connectivity index (χ0) is 14.6. The highest BCUT2D eigenvalue weighted by Gasteiger charge is 2.29. The third-order valence-corrected chi connectivity index (χ3v) is 2.92.